The Hall–Kier alpha value is -3.59. The minimum Gasteiger partial charge on any atom is -0.484 e. The van der Waals surface area contributed by atoms with Gasteiger partial charge in [-0.1, -0.05) is 23.7 Å². The zero-order valence-corrected chi connectivity index (χ0v) is 19.3. The van der Waals surface area contributed by atoms with Crippen molar-refractivity contribution in [3.8, 4) is 5.75 Å². The zero-order chi connectivity index (χ0) is 24.9. The van der Waals surface area contributed by atoms with Crippen molar-refractivity contribution < 1.29 is 28.2 Å². The van der Waals surface area contributed by atoms with Crippen molar-refractivity contribution in [3.63, 3.8) is 0 Å². The number of hydrogen-bond donors (Lipinski definition) is 1. The molecule has 1 aliphatic heterocycles. The summed E-state index contributed by atoms with van der Waals surface area (Å²) in [7, 11) is 0. The summed E-state index contributed by atoms with van der Waals surface area (Å²) in [6, 6.07) is 9.42. The Bertz CT molecular complexity index is 1240. The van der Waals surface area contributed by atoms with Gasteiger partial charge in [0.05, 0.1) is 18.2 Å². The molecule has 0 saturated carbocycles. The van der Waals surface area contributed by atoms with Gasteiger partial charge in [0.1, 0.15) is 18.0 Å². The number of carboxylic acids is 1. The summed E-state index contributed by atoms with van der Waals surface area (Å²) in [6.07, 6.45) is 3.65. The van der Waals surface area contributed by atoms with Gasteiger partial charge >= 0.3 is 5.97 Å². The Balaban J connectivity index is 1.57. The van der Waals surface area contributed by atoms with E-state index in [4.69, 9.17) is 16.3 Å². The Morgan fingerprint density at radius 3 is 2.63 bits per heavy atom. The minimum absolute atomic E-state index is 0.0295. The first kappa shape index (κ1) is 24.5. The van der Waals surface area contributed by atoms with Gasteiger partial charge in [-0.25, -0.2) is 23.5 Å². The van der Waals surface area contributed by atoms with Crippen molar-refractivity contribution in [2.75, 3.05) is 6.54 Å². The van der Waals surface area contributed by atoms with Gasteiger partial charge < -0.3 is 14.7 Å². The number of carboxylic acid groups (broad SMARTS) is 1. The first-order valence-electron chi connectivity index (χ1n) is 11.0. The second-order valence-electron chi connectivity index (χ2n) is 8.16. The third-order valence-corrected chi connectivity index (χ3v) is 6.02. The SMILES string of the molecule is O=C(O)c1cnc([C@@H]2CCCCN2C(=O)Cc2ccc(Cl)cc2)nc1COc1ccc(F)cc1F. The van der Waals surface area contributed by atoms with E-state index < -0.39 is 23.6 Å². The van der Waals surface area contributed by atoms with E-state index in [9.17, 15) is 23.5 Å². The molecule has 3 aromatic rings. The fraction of sp³-hybridized carbons (Fsp3) is 0.280. The van der Waals surface area contributed by atoms with E-state index in [1.807, 2.05) is 0 Å². The van der Waals surface area contributed by atoms with Crippen LogP contribution in [0.1, 0.15) is 52.7 Å². The lowest BCUT2D eigenvalue weighted by Crippen LogP contribution is -2.40. The topological polar surface area (TPSA) is 92.6 Å². The van der Waals surface area contributed by atoms with Crippen molar-refractivity contribution in [1.82, 2.24) is 14.9 Å². The molecule has 1 aliphatic rings. The van der Waals surface area contributed by atoms with E-state index in [0.717, 1.165) is 30.5 Å². The maximum absolute atomic E-state index is 14.0. The van der Waals surface area contributed by atoms with Crippen molar-refractivity contribution in [1.29, 1.82) is 0 Å². The molecule has 0 radical (unpaired) electrons. The number of piperidine rings is 1. The van der Waals surface area contributed by atoms with E-state index in [-0.39, 0.29) is 41.8 Å². The smallest absolute Gasteiger partial charge is 0.339 e. The van der Waals surface area contributed by atoms with E-state index >= 15 is 0 Å². The highest BCUT2D eigenvalue weighted by molar-refractivity contribution is 6.30. The van der Waals surface area contributed by atoms with Crippen molar-refractivity contribution in [2.24, 2.45) is 0 Å². The summed E-state index contributed by atoms with van der Waals surface area (Å²) in [5.74, 6) is -2.99. The van der Waals surface area contributed by atoms with Gasteiger partial charge in [0.15, 0.2) is 17.4 Å². The summed E-state index contributed by atoms with van der Waals surface area (Å²) < 4.78 is 32.5. The quantitative estimate of drug-likeness (QED) is 0.491. The number of amides is 1. The molecular formula is C25H22ClF2N3O4. The number of rotatable bonds is 7. The maximum Gasteiger partial charge on any atom is 0.339 e. The van der Waals surface area contributed by atoms with Crippen LogP contribution in [0.5, 0.6) is 5.75 Å². The van der Waals surface area contributed by atoms with Crippen LogP contribution in [0.25, 0.3) is 0 Å². The lowest BCUT2D eigenvalue weighted by Gasteiger charge is -2.35. The Morgan fingerprint density at radius 2 is 1.91 bits per heavy atom. The molecule has 1 saturated heterocycles. The number of likely N-dealkylation sites (tertiary alicyclic amines) is 1. The molecule has 0 aliphatic carbocycles. The normalized spacial score (nSPS) is 15.6. The number of halogens is 3. The second kappa shape index (κ2) is 10.8. The van der Waals surface area contributed by atoms with Gasteiger partial charge in [0, 0.05) is 23.8 Å². The predicted molar refractivity (Wildman–Crippen MR) is 123 cm³/mol. The predicted octanol–water partition coefficient (Wildman–Crippen LogP) is 4.98. The van der Waals surface area contributed by atoms with Crippen LogP contribution in [0.2, 0.25) is 5.02 Å². The fourth-order valence-electron chi connectivity index (χ4n) is 4.00. The fourth-order valence-corrected chi connectivity index (χ4v) is 4.12. The van der Waals surface area contributed by atoms with Crippen molar-refractivity contribution in [3.05, 3.63) is 88.0 Å². The zero-order valence-electron chi connectivity index (χ0n) is 18.6. The van der Waals surface area contributed by atoms with Crippen LogP contribution in [0.3, 0.4) is 0 Å². The number of aromatic carboxylic acids is 1. The van der Waals surface area contributed by atoms with Gasteiger partial charge in [0.2, 0.25) is 5.91 Å². The maximum atomic E-state index is 14.0. The molecule has 1 amide bonds. The molecule has 2 aromatic carbocycles. The van der Waals surface area contributed by atoms with Crippen molar-refractivity contribution >= 4 is 23.5 Å². The highest BCUT2D eigenvalue weighted by atomic mass is 35.5. The van der Waals surface area contributed by atoms with Crippen LogP contribution < -0.4 is 4.74 Å². The number of nitrogens with zero attached hydrogens (tertiary/aromatic N) is 3. The van der Waals surface area contributed by atoms with Crippen LogP contribution >= 0.6 is 11.6 Å². The molecule has 182 valence electrons. The number of benzene rings is 2. The van der Waals surface area contributed by atoms with Crippen LogP contribution in [0, 0.1) is 11.6 Å². The Kier molecular flexibility index (Phi) is 7.55. The van der Waals surface area contributed by atoms with Crippen LogP contribution in [-0.4, -0.2) is 38.4 Å². The second-order valence-corrected chi connectivity index (χ2v) is 8.60. The largest absolute Gasteiger partial charge is 0.484 e. The molecule has 10 heteroatoms. The van der Waals surface area contributed by atoms with Gasteiger partial charge in [-0.3, -0.25) is 4.79 Å². The molecule has 0 bridgehead atoms. The lowest BCUT2D eigenvalue weighted by molar-refractivity contribution is -0.134. The van der Waals surface area contributed by atoms with Crippen molar-refractivity contribution in [2.45, 2.75) is 38.3 Å². The molecule has 1 atom stereocenters. The summed E-state index contributed by atoms with van der Waals surface area (Å²) in [5, 5.41) is 10.1. The molecule has 35 heavy (non-hydrogen) atoms. The van der Waals surface area contributed by atoms with Gasteiger partial charge in [-0.15, -0.1) is 0 Å². The monoisotopic (exact) mass is 501 g/mol. The molecule has 2 heterocycles. The Morgan fingerprint density at radius 1 is 1.14 bits per heavy atom. The number of ether oxygens (including phenoxy) is 1. The molecular weight excluding hydrogens is 480 g/mol. The lowest BCUT2D eigenvalue weighted by atomic mass is 9.99. The van der Waals surface area contributed by atoms with Gasteiger partial charge in [-0.05, 0) is 49.1 Å². The first-order valence-corrected chi connectivity index (χ1v) is 11.4. The first-order chi connectivity index (χ1) is 16.8. The minimum atomic E-state index is -1.27. The van der Waals surface area contributed by atoms with Crippen LogP contribution in [0.4, 0.5) is 8.78 Å². The summed E-state index contributed by atoms with van der Waals surface area (Å²) in [5.41, 5.74) is 0.647. The summed E-state index contributed by atoms with van der Waals surface area (Å²) >= 11 is 5.93. The molecule has 4 rings (SSSR count). The van der Waals surface area contributed by atoms with Crippen LogP contribution in [-0.2, 0) is 17.8 Å². The Labute approximate surface area is 205 Å². The molecule has 0 spiro atoms. The van der Waals surface area contributed by atoms with E-state index in [1.54, 1.807) is 29.2 Å². The molecule has 1 aromatic heterocycles. The number of carbonyl (C=O) groups is 2. The summed E-state index contributed by atoms with van der Waals surface area (Å²) in [6.45, 7) is 0.152. The van der Waals surface area contributed by atoms with Gasteiger partial charge in [-0.2, -0.15) is 0 Å². The highest BCUT2D eigenvalue weighted by Gasteiger charge is 2.31. The average Bonchev–Trinajstić information content (AvgIpc) is 2.84. The third kappa shape index (κ3) is 5.92. The van der Waals surface area contributed by atoms with E-state index in [1.165, 1.54) is 6.20 Å². The van der Waals surface area contributed by atoms with E-state index in [2.05, 4.69) is 9.97 Å². The molecule has 0 unspecified atom stereocenters. The average molecular weight is 502 g/mol. The standard InChI is InChI=1S/C25H22ClF2N3O4/c26-16-6-4-15(5-7-16)11-23(32)31-10-2-1-3-21(31)24-29-13-18(25(33)34)20(30-24)14-35-22-9-8-17(27)12-19(22)28/h4-9,12-13,21H,1-3,10-11,14H2,(H,33,34)/t21-/m0/s1. The van der Waals surface area contributed by atoms with Gasteiger partial charge in [0.25, 0.3) is 0 Å². The molecule has 1 N–H and O–H groups in total. The van der Waals surface area contributed by atoms with Crippen LogP contribution in [0.15, 0.2) is 48.7 Å². The number of hydrogen-bond acceptors (Lipinski definition) is 5. The van der Waals surface area contributed by atoms with E-state index in [0.29, 0.717) is 24.1 Å². The molecule has 7 nitrogen and oxygen atoms in total. The summed E-state index contributed by atoms with van der Waals surface area (Å²) in [4.78, 5) is 35.2. The number of aromatic nitrogens is 2. The third-order valence-electron chi connectivity index (χ3n) is 5.76. The number of carbonyl (C=O) groups excluding carboxylic acids is 1. The highest BCUT2D eigenvalue weighted by Crippen LogP contribution is 2.30. The molecule has 1 fully saturated rings.